The van der Waals surface area contributed by atoms with Crippen molar-refractivity contribution in [1.29, 1.82) is 0 Å². The number of carboxylic acid groups (broad SMARTS) is 1. The second-order valence-corrected chi connectivity index (χ2v) is 9.09. The van der Waals surface area contributed by atoms with Crippen LogP contribution in [0.15, 0.2) is 73.1 Å². The molecule has 1 heterocycles. The van der Waals surface area contributed by atoms with E-state index in [0.29, 0.717) is 17.7 Å². The minimum atomic E-state index is -1.17. The van der Waals surface area contributed by atoms with E-state index in [-0.39, 0.29) is 12.2 Å². The van der Waals surface area contributed by atoms with Crippen LogP contribution in [-0.4, -0.2) is 39.0 Å². The minimum absolute atomic E-state index is 0.0324. The van der Waals surface area contributed by atoms with Gasteiger partial charge in [-0.05, 0) is 78.9 Å². The van der Waals surface area contributed by atoms with Crippen LogP contribution in [-0.2, 0) is 22.5 Å². The van der Waals surface area contributed by atoms with Crippen molar-refractivity contribution >= 4 is 17.8 Å². The van der Waals surface area contributed by atoms with Crippen LogP contribution in [0.2, 0.25) is 0 Å². The number of aliphatic hydroxyl groups is 1. The molecule has 0 aliphatic carbocycles. The van der Waals surface area contributed by atoms with E-state index in [1.54, 1.807) is 24.5 Å². The van der Waals surface area contributed by atoms with Crippen LogP contribution in [0.4, 0.5) is 0 Å². The van der Waals surface area contributed by atoms with Crippen LogP contribution in [0.5, 0.6) is 0 Å². The molecule has 0 amide bonds. The molecule has 0 fully saturated rings. The molecule has 0 aliphatic heterocycles. The predicted octanol–water partition coefficient (Wildman–Crippen LogP) is 4.45. The molecule has 0 saturated heterocycles. The van der Waals surface area contributed by atoms with E-state index >= 15 is 0 Å². The van der Waals surface area contributed by atoms with Crippen molar-refractivity contribution in [1.82, 2.24) is 10.3 Å². The van der Waals surface area contributed by atoms with Gasteiger partial charge in [-0.15, -0.1) is 0 Å². The summed E-state index contributed by atoms with van der Waals surface area (Å²) in [5.41, 5.74) is 4.09. The molecule has 0 aliphatic rings. The minimum Gasteiger partial charge on any atom is -0.478 e. The summed E-state index contributed by atoms with van der Waals surface area (Å²) < 4.78 is 5.53. The first-order chi connectivity index (χ1) is 16.6. The summed E-state index contributed by atoms with van der Waals surface area (Å²) in [6.45, 7) is 5.84. The van der Waals surface area contributed by atoms with E-state index in [1.807, 2.05) is 63.2 Å². The number of hydrogen-bond acceptors (Lipinski definition) is 6. The van der Waals surface area contributed by atoms with Gasteiger partial charge in [0.1, 0.15) is 0 Å². The summed E-state index contributed by atoms with van der Waals surface area (Å²) in [5.74, 6) is -1.06. The summed E-state index contributed by atoms with van der Waals surface area (Å²) in [6.07, 6.45) is 4.99. The van der Waals surface area contributed by atoms with Crippen molar-refractivity contribution in [3.05, 3.63) is 95.3 Å². The van der Waals surface area contributed by atoms with Gasteiger partial charge in [0.15, 0.2) is 5.78 Å². The Hall–Kier alpha value is -3.65. The summed E-state index contributed by atoms with van der Waals surface area (Å²) in [5, 5.41) is 22.1. The third kappa shape index (κ3) is 8.26. The number of ether oxygens (including phenoxy) is 1. The van der Waals surface area contributed by atoms with Crippen LogP contribution in [0.25, 0.3) is 17.2 Å². The summed E-state index contributed by atoms with van der Waals surface area (Å²) in [7, 11) is 0. The maximum absolute atomic E-state index is 13.0. The molecule has 0 saturated carbocycles. The smallest absolute Gasteiger partial charge is 0.328 e. The highest BCUT2D eigenvalue weighted by Crippen LogP contribution is 2.27. The highest BCUT2D eigenvalue weighted by atomic mass is 16.6. The quantitative estimate of drug-likeness (QED) is 0.226. The molecule has 3 aromatic rings. The molecule has 35 heavy (non-hydrogen) atoms. The number of hydrogen-bond donors (Lipinski definition) is 3. The average Bonchev–Trinajstić information content (AvgIpc) is 2.81. The number of nitrogens with zero attached hydrogens (tertiary/aromatic N) is 1. The zero-order chi connectivity index (χ0) is 25.4. The molecule has 3 N–H and O–H groups in total. The molecule has 3 rings (SSSR count). The van der Waals surface area contributed by atoms with Crippen LogP contribution in [0, 0.1) is 0 Å². The lowest BCUT2D eigenvalue weighted by molar-refractivity contribution is -0.182. The number of aliphatic carboxylic acids is 1. The van der Waals surface area contributed by atoms with E-state index in [0.717, 1.165) is 28.3 Å². The number of aliphatic hydroxyl groups excluding tert-OH is 1. The van der Waals surface area contributed by atoms with E-state index < -0.39 is 18.0 Å². The Morgan fingerprint density at radius 3 is 2.51 bits per heavy atom. The van der Waals surface area contributed by atoms with Gasteiger partial charge in [-0.2, -0.15) is 0 Å². The maximum Gasteiger partial charge on any atom is 0.328 e. The third-order valence-corrected chi connectivity index (χ3v) is 5.09. The highest BCUT2D eigenvalue weighted by Gasteiger charge is 2.17. The molecule has 1 aromatic heterocycles. The Labute approximate surface area is 205 Å². The normalized spacial score (nSPS) is 12.6. The fraction of sp³-hybridized carbons (Fsp3) is 0.250. The monoisotopic (exact) mass is 474 g/mol. The lowest BCUT2D eigenvalue weighted by Gasteiger charge is -2.25. The van der Waals surface area contributed by atoms with Crippen molar-refractivity contribution in [2.75, 3.05) is 0 Å². The molecule has 1 atom stereocenters. The third-order valence-electron chi connectivity index (χ3n) is 5.09. The summed E-state index contributed by atoms with van der Waals surface area (Å²) in [4.78, 5) is 27.9. The van der Waals surface area contributed by atoms with Crippen molar-refractivity contribution in [3.8, 4) is 11.1 Å². The summed E-state index contributed by atoms with van der Waals surface area (Å²) >= 11 is 0. The second-order valence-electron chi connectivity index (χ2n) is 9.09. The van der Waals surface area contributed by atoms with Gasteiger partial charge in [0.25, 0.3) is 0 Å². The number of Topliss-reactive ketones (excluding diaryl/α,β-unsaturated/α-hetero) is 1. The van der Waals surface area contributed by atoms with Gasteiger partial charge in [-0.1, -0.05) is 30.3 Å². The largest absolute Gasteiger partial charge is 0.478 e. The SMILES string of the molecule is CC(C)(C)OC(O)NCc1ccc(C(=O)Cc2ccncc2)cc1-c1cccc(/C=C/C(=O)O)c1. The lowest BCUT2D eigenvalue weighted by atomic mass is 9.93. The van der Waals surface area contributed by atoms with Crippen molar-refractivity contribution in [3.63, 3.8) is 0 Å². The Morgan fingerprint density at radius 2 is 1.83 bits per heavy atom. The fourth-order valence-corrected chi connectivity index (χ4v) is 3.51. The van der Waals surface area contributed by atoms with Crippen molar-refractivity contribution in [2.45, 2.75) is 45.8 Å². The Kier molecular flexibility index (Phi) is 8.65. The topological polar surface area (TPSA) is 109 Å². The summed E-state index contributed by atoms with van der Waals surface area (Å²) in [6, 6.07) is 16.5. The number of benzene rings is 2. The van der Waals surface area contributed by atoms with Gasteiger partial charge in [0, 0.05) is 37.0 Å². The average molecular weight is 475 g/mol. The predicted molar refractivity (Wildman–Crippen MR) is 135 cm³/mol. The number of rotatable bonds is 10. The van der Waals surface area contributed by atoms with Crippen LogP contribution >= 0.6 is 0 Å². The Morgan fingerprint density at radius 1 is 1.09 bits per heavy atom. The zero-order valence-electron chi connectivity index (χ0n) is 20.1. The van der Waals surface area contributed by atoms with Crippen molar-refractivity contribution in [2.24, 2.45) is 0 Å². The number of nitrogens with one attached hydrogen (secondary N) is 1. The Balaban J connectivity index is 1.93. The van der Waals surface area contributed by atoms with Gasteiger partial charge >= 0.3 is 5.97 Å². The molecule has 7 nitrogen and oxygen atoms in total. The highest BCUT2D eigenvalue weighted by molar-refractivity contribution is 5.99. The first-order valence-corrected chi connectivity index (χ1v) is 11.3. The zero-order valence-corrected chi connectivity index (χ0v) is 20.1. The Bertz CT molecular complexity index is 1200. The van der Waals surface area contributed by atoms with Gasteiger partial charge in [0.2, 0.25) is 6.41 Å². The van der Waals surface area contributed by atoms with E-state index in [2.05, 4.69) is 10.3 Å². The first kappa shape index (κ1) is 26.0. The number of carbonyl (C=O) groups excluding carboxylic acids is 1. The van der Waals surface area contributed by atoms with E-state index in [9.17, 15) is 14.7 Å². The number of pyridine rings is 1. The molecule has 0 radical (unpaired) electrons. The number of ketones is 1. The maximum atomic E-state index is 13.0. The van der Waals surface area contributed by atoms with Gasteiger partial charge in [0.05, 0.1) is 5.60 Å². The standard InChI is InChI=1S/C28H30N2O5/c1-28(2,3)35-27(34)30-18-23-9-8-22(25(31)16-20-11-13-29-14-12-20)17-24(23)21-6-4-5-19(15-21)7-10-26(32)33/h4-15,17,27,30,34H,16,18H2,1-3H3,(H,32,33)/b10-7+. The molecule has 0 bridgehead atoms. The van der Waals surface area contributed by atoms with Gasteiger partial charge in [-0.25, -0.2) is 4.79 Å². The van der Waals surface area contributed by atoms with E-state index in [4.69, 9.17) is 9.84 Å². The van der Waals surface area contributed by atoms with Gasteiger partial charge < -0.3 is 14.9 Å². The molecule has 182 valence electrons. The molecule has 7 heteroatoms. The molecule has 1 unspecified atom stereocenters. The molecular weight excluding hydrogens is 444 g/mol. The lowest BCUT2D eigenvalue weighted by Crippen LogP contribution is -2.37. The fourth-order valence-electron chi connectivity index (χ4n) is 3.51. The number of aromatic nitrogens is 1. The van der Waals surface area contributed by atoms with Crippen LogP contribution < -0.4 is 5.32 Å². The van der Waals surface area contributed by atoms with Gasteiger partial charge in [-0.3, -0.25) is 15.1 Å². The first-order valence-electron chi connectivity index (χ1n) is 11.3. The van der Waals surface area contributed by atoms with E-state index in [1.165, 1.54) is 6.08 Å². The van der Waals surface area contributed by atoms with Crippen LogP contribution in [0.3, 0.4) is 0 Å². The molecule has 0 spiro atoms. The molecular formula is C28H30N2O5. The number of carboxylic acids is 1. The van der Waals surface area contributed by atoms with Crippen LogP contribution in [0.1, 0.15) is 47.8 Å². The number of carbonyl (C=O) groups is 2. The second kappa shape index (κ2) is 11.7. The molecule has 2 aromatic carbocycles. The van der Waals surface area contributed by atoms with Crippen molar-refractivity contribution < 1.29 is 24.5 Å².